The summed E-state index contributed by atoms with van der Waals surface area (Å²) in [5.74, 6) is -0.393. The molecule has 3 rings (SSSR count). The van der Waals surface area contributed by atoms with Crippen molar-refractivity contribution >= 4 is 22.8 Å². The molecule has 1 aliphatic heterocycles. The Kier molecular flexibility index (Phi) is 3.41. The van der Waals surface area contributed by atoms with Crippen LogP contribution in [0.1, 0.15) is 41.1 Å². The first-order chi connectivity index (χ1) is 10.1. The quantitative estimate of drug-likeness (QED) is 0.862. The highest BCUT2D eigenvalue weighted by atomic mass is 16.5. The molecule has 2 heterocycles. The monoisotopic (exact) mass is 286 g/mol. The molecular formula is C16H18N2O3. The number of benzene rings is 1. The Bertz CT molecular complexity index is 718. The summed E-state index contributed by atoms with van der Waals surface area (Å²) >= 11 is 0. The Balaban J connectivity index is 2.09. The zero-order valence-corrected chi connectivity index (χ0v) is 12.2. The average molecular weight is 286 g/mol. The summed E-state index contributed by atoms with van der Waals surface area (Å²) in [5, 5.41) is 3.93. The first-order valence-corrected chi connectivity index (χ1v) is 7.21. The van der Waals surface area contributed by atoms with Crippen molar-refractivity contribution in [1.29, 1.82) is 0 Å². The molecule has 5 heteroatoms. The summed E-state index contributed by atoms with van der Waals surface area (Å²) < 4.78 is 7.02. The van der Waals surface area contributed by atoms with Crippen molar-refractivity contribution in [3.05, 3.63) is 35.5 Å². The van der Waals surface area contributed by atoms with Crippen LogP contribution in [0.3, 0.4) is 0 Å². The predicted molar refractivity (Wildman–Crippen MR) is 79.4 cm³/mol. The normalized spacial score (nSPS) is 18.0. The molecule has 1 unspecified atom stereocenters. The van der Waals surface area contributed by atoms with E-state index in [1.54, 1.807) is 19.1 Å². The summed E-state index contributed by atoms with van der Waals surface area (Å²) in [5.41, 5.74) is 2.07. The molecule has 0 fully saturated rings. The molecule has 0 saturated heterocycles. The lowest BCUT2D eigenvalue weighted by atomic mass is 10.1. The van der Waals surface area contributed by atoms with E-state index in [2.05, 4.69) is 5.32 Å². The molecule has 0 spiro atoms. The van der Waals surface area contributed by atoms with Gasteiger partial charge in [0.1, 0.15) is 5.69 Å². The smallest absolute Gasteiger partial charge is 0.338 e. The maximum atomic E-state index is 12.2. The summed E-state index contributed by atoms with van der Waals surface area (Å²) in [6, 6.07) is 7.43. The lowest BCUT2D eigenvalue weighted by molar-refractivity contribution is 0.0526. The van der Waals surface area contributed by atoms with Gasteiger partial charge in [0.25, 0.3) is 5.91 Å². The van der Waals surface area contributed by atoms with E-state index in [-0.39, 0.29) is 17.9 Å². The summed E-state index contributed by atoms with van der Waals surface area (Å²) in [4.78, 5) is 24.0. The van der Waals surface area contributed by atoms with Crippen molar-refractivity contribution < 1.29 is 14.3 Å². The number of rotatable bonds is 2. The number of nitrogens with one attached hydrogen (secondary N) is 1. The van der Waals surface area contributed by atoms with E-state index in [0.717, 1.165) is 23.9 Å². The van der Waals surface area contributed by atoms with Crippen LogP contribution in [0.5, 0.6) is 0 Å². The molecule has 1 amide bonds. The number of ether oxygens (including phenoxy) is 1. The summed E-state index contributed by atoms with van der Waals surface area (Å²) in [6.07, 6.45) is 0.867. The number of hydrogen-bond donors (Lipinski definition) is 1. The van der Waals surface area contributed by atoms with Gasteiger partial charge in [-0.15, -0.1) is 0 Å². The van der Waals surface area contributed by atoms with Crippen LogP contribution < -0.4 is 5.32 Å². The van der Waals surface area contributed by atoms with Gasteiger partial charge in [0.05, 0.1) is 12.2 Å². The zero-order valence-electron chi connectivity index (χ0n) is 12.2. The van der Waals surface area contributed by atoms with Gasteiger partial charge in [-0.1, -0.05) is 6.07 Å². The van der Waals surface area contributed by atoms with Crippen molar-refractivity contribution in [3.63, 3.8) is 0 Å². The van der Waals surface area contributed by atoms with Gasteiger partial charge in [-0.3, -0.25) is 4.79 Å². The number of aryl methyl sites for hydroxylation is 1. The Morgan fingerprint density at radius 1 is 1.43 bits per heavy atom. The van der Waals surface area contributed by atoms with E-state index >= 15 is 0 Å². The third-order valence-corrected chi connectivity index (χ3v) is 3.81. The largest absolute Gasteiger partial charge is 0.462 e. The van der Waals surface area contributed by atoms with Crippen LogP contribution in [0.15, 0.2) is 24.3 Å². The highest BCUT2D eigenvalue weighted by Gasteiger charge is 2.22. The minimum Gasteiger partial charge on any atom is -0.462 e. The van der Waals surface area contributed by atoms with Crippen LogP contribution in [0.2, 0.25) is 0 Å². The van der Waals surface area contributed by atoms with Gasteiger partial charge in [-0.05, 0) is 38.5 Å². The molecular weight excluding hydrogens is 268 g/mol. The van der Waals surface area contributed by atoms with Gasteiger partial charge in [-0.2, -0.15) is 0 Å². The molecule has 5 nitrogen and oxygen atoms in total. The third-order valence-electron chi connectivity index (χ3n) is 3.81. The van der Waals surface area contributed by atoms with E-state index in [9.17, 15) is 9.59 Å². The van der Waals surface area contributed by atoms with Crippen molar-refractivity contribution in [2.45, 2.75) is 32.9 Å². The minimum absolute atomic E-state index is 0.0612. The maximum Gasteiger partial charge on any atom is 0.338 e. The van der Waals surface area contributed by atoms with Crippen molar-refractivity contribution in [3.8, 4) is 0 Å². The standard InChI is InChI=1S/C16H18N2O3/c1-3-21-16(20)12-5-4-11-8-14-15(19)17-10(2)6-7-18(14)13(11)9-12/h4-5,8-10H,3,6-7H2,1-2H3,(H,17,19). The zero-order chi connectivity index (χ0) is 15.0. The summed E-state index contributed by atoms with van der Waals surface area (Å²) in [7, 11) is 0. The van der Waals surface area contributed by atoms with Gasteiger partial charge in [0, 0.05) is 23.5 Å². The van der Waals surface area contributed by atoms with E-state index < -0.39 is 0 Å². The molecule has 21 heavy (non-hydrogen) atoms. The van der Waals surface area contributed by atoms with Gasteiger partial charge in [0.2, 0.25) is 0 Å². The number of nitrogens with zero attached hydrogens (tertiary/aromatic N) is 1. The van der Waals surface area contributed by atoms with E-state index in [1.165, 1.54) is 0 Å². The molecule has 0 saturated carbocycles. The van der Waals surface area contributed by atoms with Crippen molar-refractivity contribution in [1.82, 2.24) is 9.88 Å². The highest BCUT2D eigenvalue weighted by molar-refractivity contribution is 6.01. The number of aromatic nitrogens is 1. The van der Waals surface area contributed by atoms with Crippen molar-refractivity contribution in [2.75, 3.05) is 6.61 Å². The topological polar surface area (TPSA) is 60.3 Å². The molecule has 1 aliphatic rings. The third kappa shape index (κ3) is 2.39. The SMILES string of the molecule is CCOC(=O)c1ccc2cc3n(c2c1)CCC(C)NC3=O. The molecule has 0 bridgehead atoms. The second kappa shape index (κ2) is 5.24. The minimum atomic E-state index is -0.332. The first-order valence-electron chi connectivity index (χ1n) is 7.21. The van der Waals surface area contributed by atoms with Crippen LogP contribution >= 0.6 is 0 Å². The van der Waals surface area contributed by atoms with Crippen LogP contribution in [-0.4, -0.2) is 29.1 Å². The molecule has 2 aromatic rings. The van der Waals surface area contributed by atoms with Gasteiger partial charge in [-0.25, -0.2) is 4.79 Å². The Hall–Kier alpha value is -2.30. The Labute approximate surface area is 122 Å². The number of esters is 1. The maximum absolute atomic E-state index is 12.2. The fraction of sp³-hybridized carbons (Fsp3) is 0.375. The lowest BCUT2D eigenvalue weighted by Gasteiger charge is -2.08. The number of hydrogen-bond acceptors (Lipinski definition) is 3. The molecule has 1 atom stereocenters. The van der Waals surface area contributed by atoms with E-state index in [0.29, 0.717) is 17.9 Å². The van der Waals surface area contributed by atoms with Crippen LogP contribution in [-0.2, 0) is 11.3 Å². The first kappa shape index (κ1) is 13.7. The molecule has 1 aromatic heterocycles. The Morgan fingerprint density at radius 2 is 2.24 bits per heavy atom. The average Bonchev–Trinajstić information content (AvgIpc) is 2.76. The van der Waals surface area contributed by atoms with E-state index in [4.69, 9.17) is 4.74 Å². The predicted octanol–water partition coefficient (Wildman–Crippen LogP) is 2.34. The van der Waals surface area contributed by atoms with Gasteiger partial charge in [0.15, 0.2) is 0 Å². The van der Waals surface area contributed by atoms with Crippen LogP contribution in [0, 0.1) is 0 Å². The van der Waals surface area contributed by atoms with Gasteiger partial charge < -0.3 is 14.6 Å². The van der Waals surface area contributed by atoms with Crippen molar-refractivity contribution in [2.24, 2.45) is 0 Å². The Morgan fingerprint density at radius 3 is 3.00 bits per heavy atom. The van der Waals surface area contributed by atoms with E-state index in [1.807, 2.05) is 23.6 Å². The number of fused-ring (bicyclic) bond motifs is 3. The lowest BCUT2D eigenvalue weighted by Crippen LogP contribution is -2.30. The number of carbonyl (C=O) groups excluding carboxylic acids is 2. The van der Waals surface area contributed by atoms with Crippen LogP contribution in [0.4, 0.5) is 0 Å². The van der Waals surface area contributed by atoms with Crippen LogP contribution in [0.25, 0.3) is 10.9 Å². The molecule has 0 radical (unpaired) electrons. The molecule has 0 aliphatic carbocycles. The highest BCUT2D eigenvalue weighted by Crippen LogP contribution is 2.24. The second-order valence-corrected chi connectivity index (χ2v) is 5.34. The fourth-order valence-corrected chi connectivity index (χ4v) is 2.72. The molecule has 1 N–H and O–H groups in total. The number of carbonyl (C=O) groups is 2. The second-order valence-electron chi connectivity index (χ2n) is 5.34. The number of amides is 1. The molecule has 1 aromatic carbocycles. The van der Waals surface area contributed by atoms with Gasteiger partial charge >= 0.3 is 5.97 Å². The summed E-state index contributed by atoms with van der Waals surface area (Å²) in [6.45, 7) is 4.89. The molecule has 110 valence electrons. The fourth-order valence-electron chi connectivity index (χ4n) is 2.72.